The van der Waals surface area contributed by atoms with Gasteiger partial charge in [0.05, 0.1) is 47.9 Å². The van der Waals surface area contributed by atoms with Crippen LogP contribution in [0.15, 0.2) is 69.6 Å². The van der Waals surface area contributed by atoms with Crippen LogP contribution in [-0.4, -0.2) is 42.7 Å². The van der Waals surface area contributed by atoms with E-state index in [1.54, 1.807) is 36.1 Å². The molecule has 3 aromatic rings. The number of ether oxygens (including phenoxy) is 2. The standard InChI is InChI=1S/C30H29N3O6S/c1-6-32-21-10-8-7-9-20(21)23(26(32)34)25-27(35)33-24(18-11-13-19(14-12-18)28(36)38-5)22(17(4)31-30(33)40-25)29(37)39-15-16(2)3/h7-14,16,24H,6,15H2,1-5H3. The Morgan fingerprint density at radius 3 is 2.40 bits per heavy atom. The Morgan fingerprint density at radius 2 is 1.75 bits per heavy atom. The summed E-state index contributed by atoms with van der Waals surface area (Å²) >= 11 is 1.12. The van der Waals surface area contributed by atoms with Crippen molar-refractivity contribution >= 4 is 40.4 Å². The number of likely N-dealkylation sites (N-methyl/N-ethyl adjacent to an activating group) is 1. The first-order chi connectivity index (χ1) is 19.2. The number of thiazole rings is 1. The molecule has 9 nitrogen and oxygen atoms in total. The maximum atomic E-state index is 14.2. The Labute approximate surface area is 234 Å². The van der Waals surface area contributed by atoms with Gasteiger partial charge >= 0.3 is 11.9 Å². The van der Waals surface area contributed by atoms with E-state index < -0.39 is 23.5 Å². The number of methoxy groups -OCH3 is 1. The lowest BCUT2D eigenvalue weighted by Gasteiger charge is -2.25. The maximum absolute atomic E-state index is 14.2. The molecule has 5 rings (SSSR count). The Hall–Kier alpha value is -4.31. The van der Waals surface area contributed by atoms with Gasteiger partial charge in [-0.15, -0.1) is 0 Å². The largest absolute Gasteiger partial charge is 0.465 e. The first kappa shape index (κ1) is 27.3. The zero-order valence-electron chi connectivity index (χ0n) is 22.9. The molecule has 2 aliphatic rings. The van der Waals surface area contributed by atoms with Gasteiger partial charge in [0.25, 0.3) is 11.5 Å². The molecule has 0 aliphatic carbocycles. The van der Waals surface area contributed by atoms with Gasteiger partial charge in [-0.25, -0.2) is 14.6 Å². The molecule has 10 heteroatoms. The van der Waals surface area contributed by atoms with E-state index in [0.717, 1.165) is 17.0 Å². The number of amides is 1. The SMILES string of the molecule is CCN1C(=O)C(=c2sc3n(c2=O)C(c2ccc(C(=O)OC)cc2)C(C(=O)OCC(C)C)=C(C)N=3)c2ccccc21. The number of aromatic nitrogens is 1. The van der Waals surface area contributed by atoms with Gasteiger partial charge < -0.3 is 14.4 Å². The van der Waals surface area contributed by atoms with Gasteiger partial charge in [-0.2, -0.15) is 0 Å². The number of hydrogen-bond acceptors (Lipinski definition) is 8. The highest BCUT2D eigenvalue weighted by molar-refractivity contribution is 7.07. The van der Waals surface area contributed by atoms with Crippen molar-refractivity contribution in [1.29, 1.82) is 0 Å². The molecule has 0 saturated heterocycles. The van der Waals surface area contributed by atoms with Gasteiger partial charge in [0, 0.05) is 12.1 Å². The van der Waals surface area contributed by atoms with Crippen molar-refractivity contribution in [2.45, 2.75) is 33.7 Å². The molecule has 0 fully saturated rings. The van der Waals surface area contributed by atoms with Crippen molar-refractivity contribution in [1.82, 2.24) is 4.57 Å². The predicted octanol–water partition coefficient (Wildman–Crippen LogP) is 2.96. The van der Waals surface area contributed by atoms with E-state index in [4.69, 9.17) is 9.47 Å². The predicted molar refractivity (Wildman–Crippen MR) is 151 cm³/mol. The molecule has 0 N–H and O–H groups in total. The highest BCUT2D eigenvalue weighted by atomic mass is 32.1. The second-order valence-corrected chi connectivity index (χ2v) is 10.9. The van der Waals surface area contributed by atoms with Crippen LogP contribution in [0.3, 0.4) is 0 Å². The number of esters is 2. The van der Waals surface area contributed by atoms with Crippen LogP contribution in [0.5, 0.6) is 0 Å². The van der Waals surface area contributed by atoms with Crippen LogP contribution in [0.4, 0.5) is 5.69 Å². The summed E-state index contributed by atoms with van der Waals surface area (Å²) < 4.78 is 12.1. The summed E-state index contributed by atoms with van der Waals surface area (Å²) in [5, 5.41) is 0. The molecule has 2 aliphatic heterocycles. The van der Waals surface area contributed by atoms with E-state index in [2.05, 4.69) is 4.99 Å². The Bertz CT molecular complexity index is 1750. The zero-order valence-corrected chi connectivity index (χ0v) is 23.7. The average Bonchev–Trinajstić information content (AvgIpc) is 3.42. The van der Waals surface area contributed by atoms with Crippen molar-refractivity contribution in [3.8, 4) is 0 Å². The highest BCUT2D eigenvalue weighted by Crippen LogP contribution is 2.35. The summed E-state index contributed by atoms with van der Waals surface area (Å²) in [4.78, 5) is 59.8. The summed E-state index contributed by atoms with van der Waals surface area (Å²) in [6, 6.07) is 13.0. The summed E-state index contributed by atoms with van der Waals surface area (Å²) in [6.45, 7) is 8.12. The van der Waals surface area contributed by atoms with E-state index >= 15 is 0 Å². The van der Waals surface area contributed by atoms with E-state index in [0.29, 0.717) is 39.3 Å². The number of rotatable bonds is 6. The number of hydrogen-bond donors (Lipinski definition) is 0. The summed E-state index contributed by atoms with van der Waals surface area (Å²) in [6.07, 6.45) is 0. The fourth-order valence-corrected chi connectivity index (χ4v) is 6.14. The first-order valence-corrected chi connectivity index (χ1v) is 13.8. The summed E-state index contributed by atoms with van der Waals surface area (Å²) in [7, 11) is 1.30. The fraction of sp³-hybridized carbons (Fsp3) is 0.300. The molecule has 3 heterocycles. The molecule has 0 saturated carbocycles. The monoisotopic (exact) mass is 559 g/mol. The molecule has 1 unspecified atom stereocenters. The smallest absolute Gasteiger partial charge is 0.338 e. The number of anilines is 1. The molecule has 0 radical (unpaired) electrons. The van der Waals surface area contributed by atoms with Gasteiger partial charge in [0.15, 0.2) is 4.80 Å². The Morgan fingerprint density at radius 1 is 1.05 bits per heavy atom. The van der Waals surface area contributed by atoms with E-state index in [-0.39, 0.29) is 28.5 Å². The molecular formula is C30H29N3O6S. The first-order valence-electron chi connectivity index (χ1n) is 13.0. The van der Waals surface area contributed by atoms with Crippen LogP contribution in [-0.2, 0) is 19.1 Å². The zero-order chi connectivity index (χ0) is 28.7. The maximum Gasteiger partial charge on any atom is 0.338 e. The van der Waals surface area contributed by atoms with Gasteiger partial charge in [0.2, 0.25) is 0 Å². The number of carbonyl (C=O) groups excluding carboxylic acids is 3. The van der Waals surface area contributed by atoms with Crippen LogP contribution in [0.25, 0.3) is 5.57 Å². The summed E-state index contributed by atoms with van der Waals surface area (Å²) in [5.41, 5.74) is 2.90. The number of nitrogens with zero attached hydrogens (tertiary/aromatic N) is 3. The van der Waals surface area contributed by atoms with Gasteiger partial charge in [-0.05, 0) is 43.5 Å². The van der Waals surface area contributed by atoms with Gasteiger partial charge in [-0.1, -0.05) is 55.5 Å². The minimum Gasteiger partial charge on any atom is -0.465 e. The molecule has 1 atom stereocenters. The number of benzene rings is 2. The third-order valence-electron chi connectivity index (χ3n) is 6.88. The molecule has 40 heavy (non-hydrogen) atoms. The van der Waals surface area contributed by atoms with Crippen molar-refractivity contribution in [3.05, 3.63) is 96.2 Å². The third kappa shape index (κ3) is 4.48. The van der Waals surface area contributed by atoms with Crippen LogP contribution in [0.2, 0.25) is 0 Å². The van der Waals surface area contributed by atoms with E-state index in [1.807, 2.05) is 45.0 Å². The second kappa shape index (κ2) is 10.7. The molecule has 1 aromatic heterocycles. The Kier molecular flexibility index (Phi) is 7.29. The van der Waals surface area contributed by atoms with Crippen LogP contribution in [0.1, 0.15) is 55.2 Å². The molecule has 2 aromatic carbocycles. The minimum atomic E-state index is -0.869. The van der Waals surface area contributed by atoms with Crippen molar-refractivity contribution in [2.24, 2.45) is 10.9 Å². The lowest BCUT2D eigenvalue weighted by molar-refractivity contribution is -0.140. The number of fused-ring (bicyclic) bond motifs is 2. The van der Waals surface area contributed by atoms with Crippen LogP contribution < -0.4 is 19.8 Å². The number of para-hydroxylation sites is 1. The lowest BCUT2D eigenvalue weighted by atomic mass is 9.95. The van der Waals surface area contributed by atoms with Gasteiger partial charge in [0.1, 0.15) is 4.53 Å². The fourth-order valence-electron chi connectivity index (χ4n) is 5.00. The minimum absolute atomic E-state index is 0.112. The molecular weight excluding hydrogens is 530 g/mol. The molecule has 206 valence electrons. The van der Waals surface area contributed by atoms with E-state index in [9.17, 15) is 19.2 Å². The molecule has 1 amide bonds. The van der Waals surface area contributed by atoms with Gasteiger partial charge in [-0.3, -0.25) is 14.2 Å². The Balaban J connectivity index is 1.75. The normalized spacial score (nSPS) is 17.5. The van der Waals surface area contributed by atoms with Crippen molar-refractivity contribution in [3.63, 3.8) is 0 Å². The molecule has 0 spiro atoms. The quantitative estimate of drug-likeness (QED) is 0.430. The van der Waals surface area contributed by atoms with E-state index in [1.165, 1.54) is 11.7 Å². The molecule has 0 bridgehead atoms. The van der Waals surface area contributed by atoms with Crippen LogP contribution in [0, 0.1) is 5.92 Å². The number of carbonyl (C=O) groups is 3. The summed E-state index contributed by atoms with van der Waals surface area (Å²) in [5.74, 6) is -1.21. The van der Waals surface area contributed by atoms with Crippen LogP contribution >= 0.6 is 11.3 Å². The topological polar surface area (TPSA) is 107 Å². The average molecular weight is 560 g/mol. The second-order valence-electron chi connectivity index (χ2n) is 9.95. The van der Waals surface area contributed by atoms with Crippen molar-refractivity contribution in [2.75, 3.05) is 25.2 Å². The van der Waals surface area contributed by atoms with Crippen molar-refractivity contribution < 1.29 is 23.9 Å². The number of allylic oxidation sites excluding steroid dienone is 1. The third-order valence-corrected chi connectivity index (χ3v) is 7.93. The highest BCUT2D eigenvalue weighted by Gasteiger charge is 2.37. The lowest BCUT2D eigenvalue weighted by Crippen LogP contribution is -2.41.